The third-order valence-corrected chi connectivity index (χ3v) is 3.31. The number of nitrogens with one attached hydrogen (secondary N) is 2. The second-order valence-corrected chi connectivity index (χ2v) is 4.73. The van der Waals surface area contributed by atoms with Crippen LogP contribution >= 0.6 is 11.6 Å². The van der Waals surface area contributed by atoms with Gasteiger partial charge in [-0.05, 0) is 18.6 Å². The van der Waals surface area contributed by atoms with Gasteiger partial charge in [0.25, 0.3) is 0 Å². The maximum absolute atomic E-state index is 13.8. The number of halogens is 3. The molecule has 4 nitrogen and oxygen atoms in total. The van der Waals surface area contributed by atoms with Crippen molar-refractivity contribution in [3.8, 4) is 5.75 Å². The highest BCUT2D eigenvalue weighted by atomic mass is 35.5. The second kappa shape index (κ2) is 6.13. The van der Waals surface area contributed by atoms with E-state index in [9.17, 15) is 8.78 Å². The Morgan fingerprint density at radius 2 is 1.81 bits per heavy atom. The van der Waals surface area contributed by atoms with Gasteiger partial charge in [-0.25, -0.2) is 13.8 Å². The zero-order chi connectivity index (χ0) is 15.6. The molecule has 1 aromatic heterocycles. The van der Waals surface area contributed by atoms with Crippen LogP contribution in [-0.4, -0.2) is 19.1 Å². The molecule has 2 N–H and O–H groups in total. The minimum Gasteiger partial charge on any atom is -0.495 e. The average molecular weight is 314 g/mol. The van der Waals surface area contributed by atoms with Crippen LogP contribution in [-0.2, 0) is 0 Å². The number of hydrogen-bond acceptors (Lipinski definition) is 4. The summed E-state index contributed by atoms with van der Waals surface area (Å²) < 4.78 is 32.4. The van der Waals surface area contributed by atoms with Crippen molar-refractivity contribution in [2.75, 3.05) is 24.8 Å². The number of hydrogen-bond donors (Lipinski definition) is 2. The number of pyridine rings is 1. The van der Waals surface area contributed by atoms with E-state index in [2.05, 4.69) is 15.6 Å². The number of methoxy groups -OCH3 is 1. The van der Waals surface area contributed by atoms with Crippen LogP contribution in [0.3, 0.4) is 0 Å². The lowest BCUT2D eigenvalue weighted by molar-refractivity contribution is 0.416. The van der Waals surface area contributed by atoms with Gasteiger partial charge in [-0.2, -0.15) is 0 Å². The Labute approximate surface area is 126 Å². The van der Waals surface area contributed by atoms with Crippen LogP contribution in [0.15, 0.2) is 18.2 Å². The van der Waals surface area contributed by atoms with Gasteiger partial charge >= 0.3 is 0 Å². The molecule has 0 atom stereocenters. The van der Waals surface area contributed by atoms with Gasteiger partial charge in [0.1, 0.15) is 5.75 Å². The first-order chi connectivity index (χ1) is 9.96. The molecule has 1 aromatic carbocycles. The molecule has 21 heavy (non-hydrogen) atoms. The number of ether oxygens (including phenoxy) is 1. The smallest absolute Gasteiger partial charge is 0.169 e. The first-order valence-corrected chi connectivity index (χ1v) is 6.49. The van der Waals surface area contributed by atoms with E-state index in [1.807, 2.05) is 0 Å². The van der Waals surface area contributed by atoms with Crippen molar-refractivity contribution in [2.24, 2.45) is 0 Å². The van der Waals surface area contributed by atoms with Crippen LogP contribution in [0, 0.1) is 18.6 Å². The van der Waals surface area contributed by atoms with Crippen molar-refractivity contribution in [3.63, 3.8) is 0 Å². The van der Waals surface area contributed by atoms with Crippen LogP contribution in [0.4, 0.5) is 26.1 Å². The molecule has 0 bridgehead atoms. The monoisotopic (exact) mass is 313 g/mol. The lowest BCUT2D eigenvalue weighted by Gasteiger charge is -2.14. The molecule has 0 aliphatic heterocycles. The van der Waals surface area contributed by atoms with Crippen molar-refractivity contribution in [2.45, 2.75) is 6.92 Å². The summed E-state index contributed by atoms with van der Waals surface area (Å²) in [4.78, 5) is 3.85. The van der Waals surface area contributed by atoms with Gasteiger partial charge < -0.3 is 15.4 Å². The minimum atomic E-state index is -0.804. The van der Waals surface area contributed by atoms with Gasteiger partial charge in [0.2, 0.25) is 0 Å². The third kappa shape index (κ3) is 3.16. The highest BCUT2D eigenvalue weighted by Gasteiger charge is 2.14. The molecule has 7 heteroatoms. The average Bonchev–Trinajstić information content (AvgIpc) is 2.45. The molecule has 0 aliphatic rings. The summed E-state index contributed by atoms with van der Waals surface area (Å²) in [6.07, 6.45) is 0. The van der Waals surface area contributed by atoms with Gasteiger partial charge in [0, 0.05) is 24.2 Å². The Kier molecular flexibility index (Phi) is 4.47. The predicted octanol–water partition coefficient (Wildman–Crippen LogP) is 4.12. The normalized spacial score (nSPS) is 10.4. The molecule has 0 unspecified atom stereocenters. The van der Waals surface area contributed by atoms with E-state index in [1.54, 1.807) is 19.1 Å². The molecule has 0 saturated heterocycles. The van der Waals surface area contributed by atoms with Crippen LogP contribution in [0.5, 0.6) is 5.75 Å². The van der Waals surface area contributed by atoms with E-state index in [1.165, 1.54) is 14.2 Å². The van der Waals surface area contributed by atoms with E-state index in [4.69, 9.17) is 16.3 Å². The summed E-state index contributed by atoms with van der Waals surface area (Å²) >= 11 is 6.01. The van der Waals surface area contributed by atoms with Gasteiger partial charge in [-0.1, -0.05) is 11.6 Å². The number of benzene rings is 1. The summed E-state index contributed by atoms with van der Waals surface area (Å²) in [5.41, 5.74) is 1.27. The zero-order valence-corrected chi connectivity index (χ0v) is 12.5. The SMILES string of the molecule is CNc1nc(Nc2cc(C)c(Cl)cc2OC)c(F)cc1F. The first-order valence-electron chi connectivity index (χ1n) is 6.11. The third-order valence-electron chi connectivity index (χ3n) is 2.90. The number of aryl methyl sites for hydroxylation is 1. The van der Waals surface area contributed by atoms with Crippen LogP contribution in [0.2, 0.25) is 5.02 Å². The molecule has 1 heterocycles. The number of rotatable bonds is 4. The number of nitrogens with zero attached hydrogens (tertiary/aromatic N) is 1. The molecule has 0 saturated carbocycles. The van der Waals surface area contributed by atoms with Gasteiger partial charge in [-0.15, -0.1) is 0 Å². The summed E-state index contributed by atoms with van der Waals surface area (Å²) in [7, 11) is 2.97. The summed E-state index contributed by atoms with van der Waals surface area (Å²) in [6, 6.07) is 4.07. The summed E-state index contributed by atoms with van der Waals surface area (Å²) in [5, 5.41) is 5.87. The number of anilines is 3. The molecule has 112 valence electrons. The van der Waals surface area contributed by atoms with Crippen molar-refractivity contribution >= 4 is 28.9 Å². The fourth-order valence-corrected chi connectivity index (χ4v) is 1.94. The van der Waals surface area contributed by atoms with E-state index in [-0.39, 0.29) is 11.6 Å². The van der Waals surface area contributed by atoms with Gasteiger partial charge in [-0.3, -0.25) is 0 Å². The fourth-order valence-electron chi connectivity index (χ4n) is 1.79. The highest BCUT2D eigenvalue weighted by Crippen LogP contribution is 2.33. The highest BCUT2D eigenvalue weighted by molar-refractivity contribution is 6.31. The van der Waals surface area contributed by atoms with E-state index in [0.29, 0.717) is 16.5 Å². The van der Waals surface area contributed by atoms with E-state index >= 15 is 0 Å². The maximum Gasteiger partial charge on any atom is 0.169 e. The van der Waals surface area contributed by atoms with Gasteiger partial charge in [0.05, 0.1) is 12.8 Å². The first kappa shape index (κ1) is 15.3. The standard InChI is InChI=1S/C14H14ClF2N3O/c1-7-4-11(12(21-3)5-8(7)15)19-14-10(17)6-9(16)13(18-2)20-14/h4-6H,1-3H3,(H2,18,19,20). The van der Waals surface area contributed by atoms with Crippen molar-refractivity contribution in [3.05, 3.63) is 40.4 Å². The van der Waals surface area contributed by atoms with Gasteiger partial charge in [0.15, 0.2) is 23.3 Å². The Morgan fingerprint density at radius 3 is 2.43 bits per heavy atom. The van der Waals surface area contributed by atoms with E-state index in [0.717, 1.165) is 11.6 Å². The lowest BCUT2D eigenvalue weighted by atomic mass is 10.2. The molecule has 0 amide bonds. The number of aromatic nitrogens is 1. The molecular weight excluding hydrogens is 300 g/mol. The quantitative estimate of drug-likeness (QED) is 0.891. The fraction of sp³-hybridized carbons (Fsp3) is 0.214. The molecule has 2 rings (SSSR count). The molecular formula is C14H14ClF2N3O. The molecule has 0 spiro atoms. The topological polar surface area (TPSA) is 46.2 Å². The Morgan fingerprint density at radius 1 is 1.14 bits per heavy atom. The van der Waals surface area contributed by atoms with Crippen molar-refractivity contribution in [1.82, 2.24) is 4.98 Å². The summed E-state index contributed by atoms with van der Waals surface area (Å²) in [6.45, 7) is 1.81. The van der Waals surface area contributed by atoms with Crippen LogP contribution < -0.4 is 15.4 Å². The Bertz CT molecular complexity index is 680. The molecule has 2 aromatic rings. The second-order valence-electron chi connectivity index (χ2n) is 4.33. The largest absolute Gasteiger partial charge is 0.495 e. The molecule has 0 fully saturated rings. The lowest BCUT2D eigenvalue weighted by Crippen LogP contribution is -2.04. The van der Waals surface area contributed by atoms with Crippen molar-refractivity contribution < 1.29 is 13.5 Å². The predicted molar refractivity (Wildman–Crippen MR) is 79.7 cm³/mol. The van der Waals surface area contributed by atoms with Crippen LogP contribution in [0.1, 0.15) is 5.56 Å². The Hall–Kier alpha value is -2.08. The molecule has 0 aliphatic carbocycles. The van der Waals surface area contributed by atoms with Crippen LogP contribution in [0.25, 0.3) is 0 Å². The zero-order valence-electron chi connectivity index (χ0n) is 11.7. The summed E-state index contributed by atoms with van der Waals surface area (Å²) in [5.74, 6) is -1.30. The minimum absolute atomic E-state index is 0.0523. The maximum atomic E-state index is 13.8. The van der Waals surface area contributed by atoms with Crippen molar-refractivity contribution in [1.29, 1.82) is 0 Å². The van der Waals surface area contributed by atoms with E-state index < -0.39 is 11.6 Å². The molecule has 0 radical (unpaired) electrons. The Balaban J connectivity index is 2.45.